The molecule has 0 saturated heterocycles. The second kappa shape index (κ2) is 7.20. The monoisotopic (exact) mass is 377 g/mol. The van der Waals surface area contributed by atoms with Crippen molar-refractivity contribution in [2.24, 2.45) is 0 Å². The number of methoxy groups -OCH3 is 1. The van der Waals surface area contributed by atoms with Gasteiger partial charge < -0.3 is 18.9 Å². The van der Waals surface area contributed by atoms with Gasteiger partial charge in [0.1, 0.15) is 17.3 Å². The molecule has 2 aromatic heterocycles. The molecule has 2 heterocycles. The lowest BCUT2D eigenvalue weighted by Gasteiger charge is -2.10. The molecule has 0 fully saturated rings. The molecule has 138 valence electrons. The van der Waals surface area contributed by atoms with Crippen LogP contribution in [-0.2, 0) is 10.1 Å². The molecule has 0 saturated carbocycles. The van der Waals surface area contributed by atoms with Crippen LogP contribution in [0.15, 0.2) is 35.1 Å². The van der Waals surface area contributed by atoms with Gasteiger partial charge in [-0.15, -0.1) is 0 Å². The Morgan fingerprint density at radius 2 is 1.96 bits per heavy atom. The number of fused-ring (bicyclic) bond motifs is 1. The molecule has 0 radical (unpaired) electrons. The van der Waals surface area contributed by atoms with Gasteiger partial charge in [0.25, 0.3) is 0 Å². The Balaban J connectivity index is 1.94. The molecular weight excluding hydrogens is 358 g/mol. The van der Waals surface area contributed by atoms with Gasteiger partial charge >= 0.3 is 10.1 Å². The van der Waals surface area contributed by atoms with Crippen molar-refractivity contribution in [1.82, 2.24) is 15.0 Å². The van der Waals surface area contributed by atoms with E-state index in [9.17, 15) is 13.2 Å². The molecule has 1 aromatic carbocycles. The van der Waals surface area contributed by atoms with E-state index in [1.807, 2.05) is 6.92 Å². The van der Waals surface area contributed by atoms with E-state index in [-0.39, 0.29) is 17.1 Å². The number of nitrogens with zero attached hydrogens (tertiary/aromatic N) is 1. The van der Waals surface area contributed by atoms with E-state index >= 15 is 0 Å². The summed E-state index contributed by atoms with van der Waals surface area (Å²) >= 11 is 0. The summed E-state index contributed by atoms with van der Waals surface area (Å²) in [4.78, 5) is 21.5. The van der Waals surface area contributed by atoms with Crippen LogP contribution in [0.25, 0.3) is 22.6 Å². The number of rotatable bonds is 7. The van der Waals surface area contributed by atoms with Crippen LogP contribution >= 0.6 is 0 Å². The molecule has 0 aliphatic carbocycles. The number of H-pyrrole nitrogens is 2. The predicted octanol–water partition coefficient (Wildman–Crippen LogP) is 2.44. The third-order valence-electron chi connectivity index (χ3n) is 3.77. The van der Waals surface area contributed by atoms with Crippen LogP contribution in [-0.4, -0.2) is 36.2 Å². The van der Waals surface area contributed by atoms with Gasteiger partial charge in [-0.25, -0.2) is 4.98 Å². The standard InChI is InChI=1S/C17H19N3O5S/c1-3-4-9-26(22,23)25-11-5-6-12(14(10-11)24-2)16-18-13-7-8-15(21)19-17(13)20-16/h5-8,10H,3-4,9H2,1-2H3,(H2,18,19,20,21). The van der Waals surface area contributed by atoms with Crippen LogP contribution in [0.5, 0.6) is 11.5 Å². The molecule has 0 aliphatic rings. The molecule has 0 bridgehead atoms. The maximum absolute atomic E-state index is 11.9. The van der Waals surface area contributed by atoms with Crippen molar-refractivity contribution in [3.05, 3.63) is 40.7 Å². The van der Waals surface area contributed by atoms with Gasteiger partial charge in [0.05, 0.1) is 23.9 Å². The molecule has 0 atom stereocenters. The highest BCUT2D eigenvalue weighted by atomic mass is 32.2. The lowest BCUT2D eigenvalue weighted by Crippen LogP contribution is -2.13. The van der Waals surface area contributed by atoms with Crippen LogP contribution in [0.2, 0.25) is 0 Å². The van der Waals surface area contributed by atoms with Crippen molar-refractivity contribution < 1.29 is 17.3 Å². The van der Waals surface area contributed by atoms with Crippen molar-refractivity contribution in [2.75, 3.05) is 12.9 Å². The smallest absolute Gasteiger partial charge is 0.309 e. The fraction of sp³-hybridized carbons (Fsp3) is 0.294. The van der Waals surface area contributed by atoms with E-state index in [1.54, 1.807) is 12.1 Å². The molecule has 0 aliphatic heterocycles. The molecule has 2 N–H and O–H groups in total. The number of aromatic amines is 2. The van der Waals surface area contributed by atoms with Gasteiger partial charge in [-0.05, 0) is 24.6 Å². The zero-order valence-corrected chi connectivity index (χ0v) is 15.2. The van der Waals surface area contributed by atoms with Crippen LogP contribution < -0.4 is 14.5 Å². The number of ether oxygens (including phenoxy) is 1. The summed E-state index contributed by atoms with van der Waals surface area (Å²) in [6.45, 7) is 1.91. The topological polar surface area (TPSA) is 114 Å². The molecule has 9 heteroatoms. The van der Waals surface area contributed by atoms with Gasteiger partial charge in [0.15, 0.2) is 5.65 Å². The van der Waals surface area contributed by atoms with Crippen molar-refractivity contribution >= 4 is 21.3 Å². The molecule has 0 spiro atoms. The van der Waals surface area contributed by atoms with Gasteiger partial charge in [0.2, 0.25) is 5.56 Å². The zero-order chi connectivity index (χ0) is 18.7. The molecule has 0 unspecified atom stereocenters. The second-order valence-electron chi connectivity index (χ2n) is 5.73. The highest BCUT2D eigenvalue weighted by Gasteiger charge is 2.16. The first-order valence-corrected chi connectivity index (χ1v) is 9.69. The van der Waals surface area contributed by atoms with Crippen molar-refractivity contribution in [3.63, 3.8) is 0 Å². The van der Waals surface area contributed by atoms with Crippen LogP contribution in [0, 0.1) is 0 Å². The predicted molar refractivity (Wildman–Crippen MR) is 98.0 cm³/mol. The van der Waals surface area contributed by atoms with Gasteiger partial charge in [-0.3, -0.25) is 4.79 Å². The Kier molecular flexibility index (Phi) is 4.99. The minimum absolute atomic E-state index is 0.0372. The third-order valence-corrected chi connectivity index (χ3v) is 5.01. The fourth-order valence-corrected chi connectivity index (χ4v) is 3.60. The minimum atomic E-state index is -3.64. The van der Waals surface area contributed by atoms with Crippen LogP contribution in [0.1, 0.15) is 19.8 Å². The van der Waals surface area contributed by atoms with E-state index in [0.29, 0.717) is 34.7 Å². The van der Waals surface area contributed by atoms with Gasteiger partial charge in [-0.1, -0.05) is 13.3 Å². The SMILES string of the molecule is CCCCS(=O)(=O)Oc1ccc(-c2nc3[nH]c(=O)ccc3[nH]2)c(OC)c1. The summed E-state index contributed by atoms with van der Waals surface area (Å²) < 4.78 is 34.4. The number of hydrogen-bond donors (Lipinski definition) is 2. The average molecular weight is 377 g/mol. The highest BCUT2D eigenvalue weighted by molar-refractivity contribution is 7.87. The first-order valence-electron chi connectivity index (χ1n) is 8.11. The third kappa shape index (κ3) is 3.88. The zero-order valence-electron chi connectivity index (χ0n) is 14.4. The van der Waals surface area contributed by atoms with Gasteiger partial charge in [0, 0.05) is 12.1 Å². The van der Waals surface area contributed by atoms with E-state index in [1.165, 1.54) is 25.3 Å². The Labute approximate surface area is 150 Å². The van der Waals surface area contributed by atoms with E-state index in [2.05, 4.69) is 15.0 Å². The summed E-state index contributed by atoms with van der Waals surface area (Å²) in [5.74, 6) is 1.02. The Morgan fingerprint density at radius 3 is 2.69 bits per heavy atom. The Bertz CT molecular complexity index is 1090. The number of benzene rings is 1. The van der Waals surface area contributed by atoms with E-state index in [0.717, 1.165) is 6.42 Å². The largest absolute Gasteiger partial charge is 0.496 e. The van der Waals surface area contributed by atoms with Crippen molar-refractivity contribution in [3.8, 4) is 22.9 Å². The second-order valence-corrected chi connectivity index (χ2v) is 7.42. The normalized spacial score (nSPS) is 11.6. The molecule has 3 rings (SSSR count). The number of nitrogens with one attached hydrogen (secondary N) is 2. The van der Waals surface area contributed by atoms with Crippen LogP contribution in [0.3, 0.4) is 0 Å². The number of hydrogen-bond acceptors (Lipinski definition) is 6. The maximum Gasteiger partial charge on any atom is 0.309 e. The van der Waals surface area contributed by atoms with Crippen molar-refractivity contribution in [1.29, 1.82) is 0 Å². The first kappa shape index (κ1) is 18.0. The first-order chi connectivity index (χ1) is 12.4. The average Bonchev–Trinajstić information content (AvgIpc) is 3.02. The maximum atomic E-state index is 11.9. The molecular formula is C17H19N3O5S. The number of aromatic nitrogens is 3. The summed E-state index contributed by atoms with van der Waals surface area (Å²) in [5, 5.41) is 0. The summed E-state index contributed by atoms with van der Waals surface area (Å²) in [6.07, 6.45) is 1.30. The molecule has 0 amide bonds. The number of unbranched alkanes of at least 4 members (excludes halogenated alkanes) is 1. The number of imidazole rings is 1. The van der Waals surface area contributed by atoms with Gasteiger partial charge in [-0.2, -0.15) is 8.42 Å². The van der Waals surface area contributed by atoms with E-state index in [4.69, 9.17) is 8.92 Å². The minimum Gasteiger partial charge on any atom is -0.496 e. The summed E-state index contributed by atoms with van der Waals surface area (Å²) in [5.41, 5.74) is 1.47. The summed E-state index contributed by atoms with van der Waals surface area (Å²) in [7, 11) is -2.17. The van der Waals surface area contributed by atoms with E-state index < -0.39 is 10.1 Å². The molecule has 3 aromatic rings. The Hall–Kier alpha value is -2.81. The fourth-order valence-electron chi connectivity index (χ4n) is 2.48. The highest BCUT2D eigenvalue weighted by Crippen LogP contribution is 2.33. The van der Waals surface area contributed by atoms with Crippen LogP contribution in [0.4, 0.5) is 0 Å². The summed E-state index contributed by atoms with van der Waals surface area (Å²) in [6, 6.07) is 7.72. The lowest BCUT2D eigenvalue weighted by molar-refractivity contribution is 0.413. The quantitative estimate of drug-likeness (QED) is 0.611. The molecule has 8 nitrogen and oxygen atoms in total. The van der Waals surface area contributed by atoms with Crippen molar-refractivity contribution in [2.45, 2.75) is 19.8 Å². The molecule has 26 heavy (non-hydrogen) atoms. The lowest BCUT2D eigenvalue weighted by atomic mass is 10.2. The Morgan fingerprint density at radius 1 is 1.15 bits per heavy atom. The number of pyridine rings is 1.